The minimum atomic E-state index is 1.17. The highest BCUT2D eigenvalue weighted by Crippen LogP contribution is 2.54. The molecule has 0 radical (unpaired) electrons. The maximum Gasteiger partial charge on any atom is 0.0362 e. The maximum absolute atomic E-state index is 4.63. The van der Waals surface area contributed by atoms with Gasteiger partial charge >= 0.3 is 0 Å². The molecule has 0 saturated heterocycles. The Bertz CT molecular complexity index is 2440. The van der Waals surface area contributed by atoms with Crippen LogP contribution in [0.4, 0.5) is 0 Å². The first-order valence-corrected chi connectivity index (χ1v) is 15.8. The van der Waals surface area contributed by atoms with Crippen LogP contribution in [0.2, 0.25) is 0 Å². The van der Waals surface area contributed by atoms with Gasteiger partial charge in [0.25, 0.3) is 0 Å². The van der Waals surface area contributed by atoms with Gasteiger partial charge in [-0.05, 0) is 67.9 Å². The van der Waals surface area contributed by atoms with Gasteiger partial charge in [0.1, 0.15) is 0 Å². The predicted octanol–water partition coefficient (Wildman–Crippen LogP) is 12.0. The molecule has 0 aliphatic carbocycles. The van der Waals surface area contributed by atoms with Crippen molar-refractivity contribution in [3.63, 3.8) is 0 Å². The molecule has 0 unspecified atom stereocenters. The lowest BCUT2D eigenvalue weighted by Gasteiger charge is -2.23. The summed E-state index contributed by atoms with van der Waals surface area (Å²) in [6, 6.07) is 42.6. The van der Waals surface area contributed by atoms with Crippen molar-refractivity contribution in [3.05, 3.63) is 128 Å². The van der Waals surface area contributed by atoms with Crippen LogP contribution in [0, 0.1) is 0 Å². The van der Waals surface area contributed by atoms with E-state index in [0.29, 0.717) is 0 Å². The normalized spacial score (nSPS) is 12.3. The van der Waals surface area contributed by atoms with Crippen LogP contribution in [0.25, 0.3) is 95.3 Å². The first-order valence-electron chi connectivity index (χ1n) is 14.2. The predicted molar refractivity (Wildman–Crippen MR) is 184 cm³/mol. The number of benzene rings is 7. The van der Waals surface area contributed by atoms with Crippen molar-refractivity contribution in [2.45, 2.75) is 0 Å². The van der Waals surface area contributed by atoms with E-state index < -0.39 is 0 Å². The Balaban J connectivity index is 1.32. The van der Waals surface area contributed by atoms with E-state index in [1.165, 1.54) is 95.3 Å². The Kier molecular flexibility index (Phi) is 4.54. The number of rotatable bonds is 2. The van der Waals surface area contributed by atoms with E-state index in [9.17, 15) is 0 Å². The third kappa shape index (κ3) is 2.99. The number of hydrogen-bond donors (Lipinski definition) is 0. The van der Waals surface area contributed by atoms with Gasteiger partial charge in [0.2, 0.25) is 0 Å². The maximum atomic E-state index is 4.63. The first-order chi connectivity index (χ1) is 20.8. The molecule has 0 fully saturated rings. The molecule has 3 heterocycles. The summed E-state index contributed by atoms with van der Waals surface area (Å²) in [7, 11) is 0. The quantitative estimate of drug-likeness (QED) is 0.150. The minimum Gasteiger partial charge on any atom is -0.263 e. The Morgan fingerprint density at radius 2 is 0.881 bits per heavy atom. The molecule has 3 heteroatoms. The molecule has 0 amide bonds. The standard InChI is InChI=1S/C39H21NS2/c1-3-9-24-22(6-1)8-5-11-26(24)27-12-16-32-36-29(27)14-18-34-38(36)39-35(41-32)19-15-30-28(13-17-33(42-34)37(30)39)31-21-40-20-23-7-2-4-10-25(23)31/h1-21H. The number of aromatic nitrogens is 1. The highest BCUT2D eigenvalue weighted by molar-refractivity contribution is 7.27. The molecule has 8 aromatic rings. The summed E-state index contributed by atoms with van der Waals surface area (Å²) in [5.41, 5.74) is 7.83. The second kappa shape index (κ2) is 8.36. The minimum absolute atomic E-state index is 1.17. The van der Waals surface area contributed by atoms with E-state index in [1.54, 1.807) is 0 Å². The second-order valence-corrected chi connectivity index (χ2v) is 13.3. The van der Waals surface area contributed by atoms with Crippen molar-refractivity contribution in [1.82, 2.24) is 4.98 Å². The van der Waals surface area contributed by atoms with Gasteiger partial charge in [-0.2, -0.15) is 0 Å². The Hall–Kier alpha value is -4.83. The summed E-state index contributed by atoms with van der Waals surface area (Å²) in [4.78, 5) is 4.63. The van der Waals surface area contributed by atoms with Gasteiger partial charge in [-0.3, -0.25) is 4.98 Å². The van der Waals surface area contributed by atoms with Crippen LogP contribution in [0.15, 0.2) is 128 Å². The fourth-order valence-electron chi connectivity index (χ4n) is 7.13. The van der Waals surface area contributed by atoms with Crippen LogP contribution in [-0.4, -0.2) is 4.98 Å². The topological polar surface area (TPSA) is 12.9 Å². The third-order valence-electron chi connectivity index (χ3n) is 8.94. The summed E-state index contributed by atoms with van der Waals surface area (Å²) in [6.07, 6.45) is 3.99. The van der Waals surface area contributed by atoms with Gasteiger partial charge in [-0.1, -0.05) is 91.0 Å². The van der Waals surface area contributed by atoms with Crippen LogP contribution in [-0.2, 0) is 0 Å². The highest BCUT2D eigenvalue weighted by atomic mass is 32.1. The van der Waals surface area contributed by atoms with Crippen molar-refractivity contribution < 1.29 is 0 Å². The monoisotopic (exact) mass is 567 g/mol. The van der Waals surface area contributed by atoms with E-state index in [4.69, 9.17) is 0 Å². The molecular weight excluding hydrogens is 547 g/mol. The van der Waals surface area contributed by atoms with E-state index in [-0.39, 0.29) is 0 Å². The Morgan fingerprint density at radius 3 is 1.57 bits per heavy atom. The van der Waals surface area contributed by atoms with Crippen LogP contribution in [0.1, 0.15) is 0 Å². The van der Waals surface area contributed by atoms with E-state index >= 15 is 0 Å². The molecule has 1 nitrogen and oxygen atoms in total. The molecule has 0 saturated carbocycles. The van der Waals surface area contributed by atoms with Gasteiger partial charge in [-0.25, -0.2) is 0 Å². The zero-order valence-electron chi connectivity index (χ0n) is 22.4. The smallest absolute Gasteiger partial charge is 0.0362 e. The van der Waals surface area contributed by atoms with Crippen molar-refractivity contribution in [1.29, 1.82) is 0 Å². The number of pyridine rings is 1. The van der Waals surface area contributed by atoms with E-state index in [0.717, 1.165) is 0 Å². The third-order valence-corrected chi connectivity index (χ3v) is 11.2. The molecule has 42 heavy (non-hydrogen) atoms. The zero-order valence-corrected chi connectivity index (χ0v) is 24.0. The van der Waals surface area contributed by atoms with Crippen LogP contribution in [0.5, 0.6) is 0 Å². The molecular formula is C39H21NS2. The van der Waals surface area contributed by atoms with Gasteiger partial charge in [0.15, 0.2) is 0 Å². The lowest BCUT2D eigenvalue weighted by molar-refractivity contribution is 1.36. The van der Waals surface area contributed by atoms with Crippen molar-refractivity contribution >= 4 is 84.6 Å². The van der Waals surface area contributed by atoms with Crippen molar-refractivity contribution in [2.75, 3.05) is 0 Å². The molecule has 7 aromatic carbocycles. The molecule has 1 aromatic heterocycles. The summed E-state index contributed by atoms with van der Waals surface area (Å²) < 4.78 is 5.37. The summed E-state index contributed by atoms with van der Waals surface area (Å²) in [6.45, 7) is 0. The molecule has 2 aliphatic heterocycles. The highest BCUT2D eigenvalue weighted by Gasteiger charge is 2.24. The average Bonchev–Trinajstić information content (AvgIpc) is 3.05. The Labute approximate surface area is 249 Å². The number of hydrogen-bond acceptors (Lipinski definition) is 3. The van der Waals surface area contributed by atoms with Crippen molar-refractivity contribution in [2.24, 2.45) is 0 Å². The molecule has 0 atom stereocenters. The molecule has 0 bridgehead atoms. The van der Waals surface area contributed by atoms with Crippen molar-refractivity contribution in [3.8, 4) is 33.4 Å². The van der Waals surface area contributed by atoms with Crippen LogP contribution in [0.3, 0.4) is 0 Å². The zero-order chi connectivity index (χ0) is 27.4. The SMILES string of the molecule is c1ccc2c(-c3ccc4sc5ccc6c(-c7cncc8ccccc78)ccc7sc8ccc3c4c8-c5c76)cccc2c1. The van der Waals surface area contributed by atoms with Crippen LogP contribution < -0.4 is 0 Å². The molecule has 0 N–H and O–H groups in total. The molecule has 0 spiro atoms. The number of fused-ring (bicyclic) bond motifs is 2. The second-order valence-electron chi connectivity index (χ2n) is 11.1. The number of nitrogens with zero attached hydrogens (tertiary/aromatic N) is 1. The lowest BCUT2D eigenvalue weighted by atomic mass is 9.87. The first kappa shape index (κ1) is 22.8. The fraction of sp³-hybridized carbons (Fsp3) is 0. The lowest BCUT2D eigenvalue weighted by Crippen LogP contribution is -1.94. The molecule has 2 aliphatic rings. The van der Waals surface area contributed by atoms with Crippen LogP contribution >= 0.6 is 22.7 Å². The molecule has 10 rings (SSSR count). The summed E-state index contributed by atoms with van der Waals surface area (Å²) >= 11 is 3.83. The Morgan fingerprint density at radius 1 is 0.357 bits per heavy atom. The average molecular weight is 568 g/mol. The van der Waals surface area contributed by atoms with Gasteiger partial charge < -0.3 is 0 Å². The van der Waals surface area contributed by atoms with Gasteiger partial charge in [0.05, 0.1) is 0 Å². The summed E-state index contributed by atoms with van der Waals surface area (Å²) in [5.74, 6) is 0. The van der Waals surface area contributed by atoms with E-state index in [1.807, 2.05) is 35.1 Å². The largest absolute Gasteiger partial charge is 0.263 e. The fourth-order valence-corrected chi connectivity index (χ4v) is 9.39. The summed E-state index contributed by atoms with van der Waals surface area (Å²) in [5, 5.41) is 10.4. The van der Waals surface area contributed by atoms with Gasteiger partial charge in [0, 0.05) is 64.0 Å². The van der Waals surface area contributed by atoms with E-state index in [2.05, 4.69) is 120 Å². The van der Waals surface area contributed by atoms with Gasteiger partial charge in [-0.15, -0.1) is 22.7 Å². The molecule has 194 valence electrons.